The molecule has 0 aliphatic carbocycles. The summed E-state index contributed by atoms with van der Waals surface area (Å²) in [6, 6.07) is 2.68. The zero-order valence-electron chi connectivity index (χ0n) is 10.8. The molecule has 2 rings (SSSR count). The quantitative estimate of drug-likeness (QED) is 0.780. The fourth-order valence-corrected chi connectivity index (χ4v) is 5.00. The highest BCUT2D eigenvalue weighted by Crippen LogP contribution is 2.34. The number of halogens is 3. The van der Waals surface area contributed by atoms with E-state index in [1.165, 1.54) is 16.4 Å². The van der Waals surface area contributed by atoms with Gasteiger partial charge in [-0.1, -0.05) is 23.2 Å². The zero-order chi connectivity index (χ0) is 14.9. The number of hydrogen-bond acceptors (Lipinski definition) is 3. The number of hydrogen-bond donors (Lipinski definition) is 0. The fourth-order valence-electron chi connectivity index (χ4n) is 2.09. The molecule has 4 nitrogen and oxygen atoms in total. The summed E-state index contributed by atoms with van der Waals surface area (Å²) >= 11 is 17.9. The molecule has 1 aromatic carbocycles. The predicted molar refractivity (Wildman–Crippen MR) is 80.2 cm³/mol. The Morgan fingerprint density at radius 2 is 2.10 bits per heavy atom. The molecule has 0 bridgehead atoms. The summed E-state index contributed by atoms with van der Waals surface area (Å²) in [5.74, 6) is 0.0552. The molecule has 0 aromatic heterocycles. The summed E-state index contributed by atoms with van der Waals surface area (Å²) in [6.45, 7) is 2.84. The molecule has 1 heterocycles. The van der Waals surface area contributed by atoms with Gasteiger partial charge in [0, 0.05) is 23.2 Å². The molecule has 1 unspecified atom stereocenters. The van der Waals surface area contributed by atoms with E-state index >= 15 is 0 Å². The molecule has 1 aromatic rings. The van der Waals surface area contributed by atoms with E-state index < -0.39 is 10.0 Å². The second kappa shape index (κ2) is 6.38. The van der Waals surface area contributed by atoms with E-state index in [4.69, 9.17) is 39.5 Å². The molecule has 0 saturated carbocycles. The van der Waals surface area contributed by atoms with Gasteiger partial charge in [0.1, 0.15) is 4.90 Å². The Morgan fingerprint density at radius 1 is 1.40 bits per heavy atom. The van der Waals surface area contributed by atoms with Crippen molar-refractivity contribution in [3.8, 4) is 0 Å². The number of alkyl halides is 1. The maximum Gasteiger partial charge on any atom is 0.244 e. The average Bonchev–Trinajstić information content (AvgIpc) is 2.39. The predicted octanol–water partition coefficient (Wildman–Crippen LogP) is 3.14. The molecule has 20 heavy (non-hydrogen) atoms. The average molecular weight is 359 g/mol. The smallest absolute Gasteiger partial charge is 0.244 e. The Balaban J connectivity index is 2.49. The van der Waals surface area contributed by atoms with Crippen molar-refractivity contribution in [2.24, 2.45) is 0 Å². The van der Waals surface area contributed by atoms with Crippen LogP contribution in [-0.4, -0.2) is 38.5 Å². The van der Waals surface area contributed by atoms with Crippen molar-refractivity contribution in [3.63, 3.8) is 0 Å². The Hall–Kier alpha value is -0.0400. The van der Waals surface area contributed by atoms with Crippen LogP contribution in [0.25, 0.3) is 0 Å². The normalized spacial score (nSPS) is 21.1. The third-order valence-electron chi connectivity index (χ3n) is 3.18. The van der Waals surface area contributed by atoms with Crippen LogP contribution in [0.15, 0.2) is 17.0 Å². The van der Waals surface area contributed by atoms with Gasteiger partial charge in [0.05, 0.1) is 24.1 Å². The molecule has 1 atom stereocenters. The number of rotatable bonds is 3. The lowest BCUT2D eigenvalue weighted by atomic mass is 10.2. The topological polar surface area (TPSA) is 46.6 Å². The number of benzene rings is 1. The van der Waals surface area contributed by atoms with Crippen LogP contribution in [0.5, 0.6) is 0 Å². The van der Waals surface area contributed by atoms with Crippen LogP contribution in [0.3, 0.4) is 0 Å². The highest BCUT2D eigenvalue weighted by atomic mass is 35.5. The first-order valence-electron chi connectivity index (χ1n) is 6.02. The maximum atomic E-state index is 12.7. The van der Waals surface area contributed by atoms with Gasteiger partial charge in [0.25, 0.3) is 0 Å². The molecular formula is C12H14Cl3NO3S. The Morgan fingerprint density at radius 3 is 2.70 bits per heavy atom. The molecule has 0 N–H and O–H groups in total. The molecule has 0 radical (unpaired) electrons. The van der Waals surface area contributed by atoms with Gasteiger partial charge >= 0.3 is 0 Å². The molecule has 0 spiro atoms. The van der Waals surface area contributed by atoms with E-state index in [1.807, 2.05) is 0 Å². The summed E-state index contributed by atoms with van der Waals surface area (Å²) in [4.78, 5) is 0.0352. The van der Waals surface area contributed by atoms with Gasteiger partial charge in [-0.3, -0.25) is 0 Å². The molecular weight excluding hydrogens is 345 g/mol. The van der Waals surface area contributed by atoms with E-state index in [0.717, 1.165) is 0 Å². The zero-order valence-corrected chi connectivity index (χ0v) is 13.9. The van der Waals surface area contributed by atoms with Crippen LogP contribution >= 0.6 is 34.8 Å². The first-order chi connectivity index (χ1) is 9.39. The molecule has 0 amide bonds. The largest absolute Gasteiger partial charge is 0.378 e. The molecule has 1 aliphatic heterocycles. The van der Waals surface area contributed by atoms with Crippen LogP contribution < -0.4 is 0 Å². The molecule has 1 saturated heterocycles. The van der Waals surface area contributed by atoms with Crippen molar-refractivity contribution in [2.45, 2.75) is 23.7 Å². The van der Waals surface area contributed by atoms with Gasteiger partial charge in [-0.2, -0.15) is 4.31 Å². The first-order valence-corrected chi connectivity index (χ1v) is 8.75. The third kappa shape index (κ3) is 2.93. The van der Waals surface area contributed by atoms with E-state index in [9.17, 15) is 8.42 Å². The Kier molecular flexibility index (Phi) is 5.21. The molecule has 8 heteroatoms. The Bertz CT molecular complexity index is 606. The Labute approximate surface area is 133 Å². The van der Waals surface area contributed by atoms with Crippen molar-refractivity contribution in [1.82, 2.24) is 4.31 Å². The van der Waals surface area contributed by atoms with Crippen LogP contribution in [0.4, 0.5) is 0 Å². The lowest BCUT2D eigenvalue weighted by Gasteiger charge is -2.32. The minimum Gasteiger partial charge on any atom is -0.378 e. The second-order valence-electron chi connectivity index (χ2n) is 4.51. The van der Waals surface area contributed by atoms with E-state index in [-0.39, 0.29) is 21.8 Å². The minimum absolute atomic E-state index is 0.0352. The van der Waals surface area contributed by atoms with Crippen molar-refractivity contribution >= 4 is 44.8 Å². The number of ether oxygens (including phenoxy) is 1. The summed E-state index contributed by atoms with van der Waals surface area (Å²) in [7, 11) is -3.69. The minimum atomic E-state index is -3.69. The second-order valence-corrected chi connectivity index (χ2v) is 7.42. The van der Waals surface area contributed by atoms with Gasteiger partial charge in [-0.05, 0) is 19.1 Å². The summed E-state index contributed by atoms with van der Waals surface area (Å²) in [5.41, 5.74) is 0.428. The van der Waals surface area contributed by atoms with Gasteiger partial charge in [-0.15, -0.1) is 11.6 Å². The van der Waals surface area contributed by atoms with Gasteiger partial charge < -0.3 is 4.74 Å². The number of morpholine rings is 1. The van der Waals surface area contributed by atoms with Gasteiger partial charge in [0.15, 0.2) is 0 Å². The lowest BCUT2D eigenvalue weighted by molar-refractivity contribution is 0.0393. The molecule has 112 valence electrons. The van der Waals surface area contributed by atoms with Gasteiger partial charge in [0.2, 0.25) is 10.0 Å². The SMILES string of the molecule is CC1COCCN1S(=O)(=O)c1ccc(Cl)c(CCl)c1Cl. The lowest BCUT2D eigenvalue weighted by Crippen LogP contribution is -2.47. The van der Waals surface area contributed by atoms with Gasteiger partial charge in [-0.25, -0.2) is 8.42 Å². The van der Waals surface area contributed by atoms with E-state index in [0.29, 0.717) is 30.3 Å². The van der Waals surface area contributed by atoms with Crippen molar-refractivity contribution < 1.29 is 13.2 Å². The van der Waals surface area contributed by atoms with Crippen LogP contribution in [0.2, 0.25) is 10.0 Å². The van der Waals surface area contributed by atoms with E-state index in [1.54, 1.807) is 6.92 Å². The standard InChI is InChI=1S/C12H14Cl3NO3S/c1-8-7-19-5-4-16(8)20(17,18)11-3-2-10(14)9(6-13)12(11)15/h2-3,8H,4-7H2,1H3. The summed E-state index contributed by atoms with van der Waals surface area (Å²) in [6.07, 6.45) is 0. The number of sulfonamides is 1. The van der Waals surface area contributed by atoms with Crippen LogP contribution in [-0.2, 0) is 20.6 Å². The fraction of sp³-hybridized carbons (Fsp3) is 0.500. The van der Waals surface area contributed by atoms with Crippen molar-refractivity contribution in [3.05, 3.63) is 27.7 Å². The monoisotopic (exact) mass is 357 g/mol. The summed E-state index contributed by atoms with van der Waals surface area (Å²) < 4.78 is 32.0. The molecule has 1 aliphatic rings. The number of nitrogens with zero attached hydrogens (tertiary/aromatic N) is 1. The van der Waals surface area contributed by atoms with Crippen LogP contribution in [0, 0.1) is 0 Å². The molecule has 1 fully saturated rings. The highest BCUT2D eigenvalue weighted by molar-refractivity contribution is 7.89. The third-order valence-corrected chi connectivity index (χ3v) is 6.40. The van der Waals surface area contributed by atoms with Crippen LogP contribution in [0.1, 0.15) is 12.5 Å². The van der Waals surface area contributed by atoms with Crippen molar-refractivity contribution in [2.75, 3.05) is 19.8 Å². The maximum absolute atomic E-state index is 12.7. The highest BCUT2D eigenvalue weighted by Gasteiger charge is 2.33. The summed E-state index contributed by atoms with van der Waals surface area (Å²) in [5, 5.41) is 0.449. The van der Waals surface area contributed by atoms with E-state index in [2.05, 4.69) is 0 Å². The first kappa shape index (κ1) is 16.3. The van der Waals surface area contributed by atoms with Crippen molar-refractivity contribution in [1.29, 1.82) is 0 Å².